The second kappa shape index (κ2) is 5.15. The molecule has 20 heavy (non-hydrogen) atoms. The summed E-state index contributed by atoms with van der Waals surface area (Å²) in [6, 6.07) is 11.5. The number of benzene rings is 2. The van der Waals surface area contributed by atoms with Gasteiger partial charge in [-0.05, 0) is 42.5 Å². The van der Waals surface area contributed by atoms with Gasteiger partial charge in [-0.25, -0.2) is 0 Å². The van der Waals surface area contributed by atoms with Crippen LogP contribution in [0.25, 0.3) is 22.9 Å². The maximum Gasteiger partial charge on any atom is 0.249 e. The number of phenolic OH excluding ortho intramolecular Hbond substituents is 1. The summed E-state index contributed by atoms with van der Waals surface area (Å²) in [6.07, 6.45) is 0. The molecular formula is C14H8Cl2N2O2. The Labute approximate surface area is 124 Å². The van der Waals surface area contributed by atoms with E-state index in [-0.39, 0.29) is 5.75 Å². The minimum absolute atomic E-state index is 0.173. The van der Waals surface area contributed by atoms with Crippen LogP contribution in [0.1, 0.15) is 0 Å². The van der Waals surface area contributed by atoms with E-state index in [0.29, 0.717) is 33.0 Å². The van der Waals surface area contributed by atoms with Crippen molar-refractivity contribution in [3.63, 3.8) is 0 Å². The standard InChI is InChI=1S/C14H8Cl2N2O2/c15-9-3-6-12(16)11(7-9)14-18-17-13(20-14)8-1-4-10(19)5-2-8/h1-7,19H. The molecule has 1 aromatic heterocycles. The molecule has 0 fully saturated rings. The number of aromatic hydroxyl groups is 1. The number of hydrogen-bond donors (Lipinski definition) is 1. The van der Waals surface area contributed by atoms with Crippen LogP contribution in [0.3, 0.4) is 0 Å². The molecule has 0 saturated heterocycles. The number of rotatable bonds is 2. The Balaban J connectivity index is 2.01. The maximum atomic E-state index is 9.25. The van der Waals surface area contributed by atoms with Crippen molar-refractivity contribution in [3.05, 3.63) is 52.5 Å². The Kier molecular flexibility index (Phi) is 3.34. The molecule has 0 aliphatic rings. The molecule has 0 atom stereocenters. The smallest absolute Gasteiger partial charge is 0.249 e. The van der Waals surface area contributed by atoms with E-state index in [2.05, 4.69) is 10.2 Å². The molecule has 1 N–H and O–H groups in total. The molecule has 2 aromatic carbocycles. The zero-order chi connectivity index (χ0) is 14.1. The summed E-state index contributed by atoms with van der Waals surface area (Å²) < 4.78 is 5.58. The maximum absolute atomic E-state index is 9.25. The van der Waals surface area contributed by atoms with E-state index in [0.717, 1.165) is 0 Å². The molecule has 0 radical (unpaired) electrons. The average Bonchev–Trinajstić information content (AvgIpc) is 2.92. The van der Waals surface area contributed by atoms with Crippen molar-refractivity contribution in [3.8, 4) is 28.7 Å². The van der Waals surface area contributed by atoms with E-state index < -0.39 is 0 Å². The van der Waals surface area contributed by atoms with Gasteiger partial charge in [0.15, 0.2) is 0 Å². The summed E-state index contributed by atoms with van der Waals surface area (Å²) in [5.74, 6) is 0.808. The summed E-state index contributed by atoms with van der Waals surface area (Å²) in [6.45, 7) is 0. The molecule has 0 unspecified atom stereocenters. The second-order valence-corrected chi connectivity index (χ2v) is 4.93. The number of halogens is 2. The van der Waals surface area contributed by atoms with E-state index in [4.69, 9.17) is 27.6 Å². The Morgan fingerprint density at radius 2 is 1.60 bits per heavy atom. The van der Waals surface area contributed by atoms with Crippen LogP contribution >= 0.6 is 23.2 Å². The van der Waals surface area contributed by atoms with Crippen molar-refractivity contribution in [1.82, 2.24) is 10.2 Å². The van der Waals surface area contributed by atoms with Crippen LogP contribution < -0.4 is 0 Å². The predicted octanol–water partition coefficient (Wildman–Crippen LogP) is 4.42. The minimum Gasteiger partial charge on any atom is -0.508 e. The average molecular weight is 307 g/mol. The molecular weight excluding hydrogens is 299 g/mol. The SMILES string of the molecule is Oc1ccc(-c2nnc(-c3cc(Cl)ccc3Cl)o2)cc1. The van der Waals surface area contributed by atoms with E-state index >= 15 is 0 Å². The Hall–Kier alpha value is -2.04. The zero-order valence-electron chi connectivity index (χ0n) is 10.0. The van der Waals surface area contributed by atoms with Gasteiger partial charge < -0.3 is 9.52 Å². The highest BCUT2D eigenvalue weighted by atomic mass is 35.5. The normalized spacial score (nSPS) is 10.7. The lowest BCUT2D eigenvalue weighted by molar-refractivity contribution is 0.475. The molecule has 0 spiro atoms. The lowest BCUT2D eigenvalue weighted by Gasteiger charge is -1.99. The van der Waals surface area contributed by atoms with Gasteiger partial charge in [0.05, 0.1) is 10.6 Å². The van der Waals surface area contributed by atoms with Gasteiger partial charge >= 0.3 is 0 Å². The molecule has 4 nitrogen and oxygen atoms in total. The largest absolute Gasteiger partial charge is 0.508 e. The second-order valence-electron chi connectivity index (χ2n) is 4.08. The molecule has 100 valence electrons. The van der Waals surface area contributed by atoms with Crippen molar-refractivity contribution in [2.45, 2.75) is 0 Å². The number of aromatic nitrogens is 2. The number of nitrogens with zero attached hydrogens (tertiary/aromatic N) is 2. The predicted molar refractivity (Wildman–Crippen MR) is 76.9 cm³/mol. The topological polar surface area (TPSA) is 59.2 Å². The summed E-state index contributed by atoms with van der Waals surface area (Å²) >= 11 is 12.0. The summed E-state index contributed by atoms with van der Waals surface area (Å²) in [5, 5.41) is 18.2. The van der Waals surface area contributed by atoms with Gasteiger partial charge in [-0.15, -0.1) is 10.2 Å². The highest BCUT2D eigenvalue weighted by Crippen LogP contribution is 2.31. The van der Waals surface area contributed by atoms with Gasteiger partial charge in [-0.2, -0.15) is 0 Å². The monoisotopic (exact) mass is 306 g/mol. The molecule has 0 saturated carbocycles. The van der Waals surface area contributed by atoms with Crippen molar-refractivity contribution in [2.24, 2.45) is 0 Å². The fraction of sp³-hybridized carbons (Fsp3) is 0. The minimum atomic E-state index is 0.173. The molecule has 6 heteroatoms. The third-order valence-electron chi connectivity index (χ3n) is 2.70. The van der Waals surface area contributed by atoms with Crippen LogP contribution in [0, 0.1) is 0 Å². The van der Waals surface area contributed by atoms with Crippen LogP contribution in [0.2, 0.25) is 10.0 Å². The fourth-order valence-corrected chi connectivity index (χ4v) is 2.08. The van der Waals surface area contributed by atoms with Crippen molar-refractivity contribution >= 4 is 23.2 Å². The number of phenols is 1. The molecule has 0 aliphatic carbocycles. The van der Waals surface area contributed by atoms with E-state index in [9.17, 15) is 5.11 Å². The lowest BCUT2D eigenvalue weighted by atomic mass is 10.2. The van der Waals surface area contributed by atoms with Gasteiger partial charge in [0.1, 0.15) is 5.75 Å². The lowest BCUT2D eigenvalue weighted by Crippen LogP contribution is -1.79. The van der Waals surface area contributed by atoms with Crippen molar-refractivity contribution in [2.75, 3.05) is 0 Å². The first-order valence-corrected chi connectivity index (χ1v) is 6.47. The van der Waals surface area contributed by atoms with E-state index in [1.807, 2.05) is 0 Å². The summed E-state index contributed by atoms with van der Waals surface area (Å²) in [7, 11) is 0. The van der Waals surface area contributed by atoms with Crippen LogP contribution in [0.15, 0.2) is 46.9 Å². The van der Waals surface area contributed by atoms with Crippen LogP contribution in [0.4, 0.5) is 0 Å². The van der Waals surface area contributed by atoms with Crippen molar-refractivity contribution in [1.29, 1.82) is 0 Å². The number of hydrogen-bond acceptors (Lipinski definition) is 4. The molecule has 0 bridgehead atoms. The third-order valence-corrected chi connectivity index (χ3v) is 3.26. The first kappa shape index (κ1) is 13.0. The molecule has 3 rings (SSSR count). The molecule has 1 heterocycles. The fourth-order valence-electron chi connectivity index (χ4n) is 1.71. The molecule has 0 aliphatic heterocycles. The van der Waals surface area contributed by atoms with Crippen LogP contribution in [0.5, 0.6) is 5.75 Å². The van der Waals surface area contributed by atoms with Gasteiger partial charge in [0, 0.05) is 10.6 Å². The molecule has 3 aromatic rings. The van der Waals surface area contributed by atoms with Crippen molar-refractivity contribution < 1.29 is 9.52 Å². The Morgan fingerprint density at radius 1 is 0.900 bits per heavy atom. The van der Waals surface area contributed by atoms with Gasteiger partial charge in [-0.1, -0.05) is 23.2 Å². The van der Waals surface area contributed by atoms with Crippen LogP contribution in [-0.4, -0.2) is 15.3 Å². The summed E-state index contributed by atoms with van der Waals surface area (Å²) in [4.78, 5) is 0. The van der Waals surface area contributed by atoms with Crippen LogP contribution in [-0.2, 0) is 0 Å². The van der Waals surface area contributed by atoms with Gasteiger partial charge in [-0.3, -0.25) is 0 Å². The summed E-state index contributed by atoms with van der Waals surface area (Å²) in [5.41, 5.74) is 1.29. The Morgan fingerprint density at radius 3 is 2.35 bits per heavy atom. The van der Waals surface area contributed by atoms with Gasteiger partial charge in [0.25, 0.3) is 0 Å². The molecule has 0 amide bonds. The Bertz CT molecular complexity index is 754. The highest BCUT2D eigenvalue weighted by Gasteiger charge is 2.13. The highest BCUT2D eigenvalue weighted by molar-refractivity contribution is 6.35. The first-order chi connectivity index (χ1) is 9.63. The third kappa shape index (κ3) is 2.48. The van der Waals surface area contributed by atoms with Gasteiger partial charge in [0.2, 0.25) is 11.8 Å². The van der Waals surface area contributed by atoms with E-state index in [1.54, 1.807) is 42.5 Å². The quantitative estimate of drug-likeness (QED) is 0.761. The first-order valence-electron chi connectivity index (χ1n) is 5.72. The zero-order valence-corrected chi connectivity index (χ0v) is 11.6. The van der Waals surface area contributed by atoms with E-state index in [1.165, 1.54) is 0 Å².